The van der Waals surface area contributed by atoms with Crippen molar-refractivity contribution in [3.63, 3.8) is 0 Å². The van der Waals surface area contributed by atoms with Crippen LogP contribution in [-0.2, 0) is 9.53 Å². The maximum absolute atomic E-state index is 14.6. The summed E-state index contributed by atoms with van der Waals surface area (Å²) in [6.07, 6.45) is -1.06. The van der Waals surface area contributed by atoms with Crippen LogP contribution in [0, 0.1) is 5.82 Å². The van der Waals surface area contributed by atoms with Gasteiger partial charge in [0.1, 0.15) is 11.9 Å². The molecule has 9 nitrogen and oxygen atoms in total. The number of carbonyl (C=O) groups is 3. The van der Waals surface area contributed by atoms with Crippen LogP contribution in [0.5, 0.6) is 0 Å². The lowest BCUT2D eigenvalue weighted by Gasteiger charge is -2.35. The number of piperazine rings is 1. The van der Waals surface area contributed by atoms with Crippen molar-refractivity contribution in [2.24, 2.45) is 5.73 Å². The van der Waals surface area contributed by atoms with E-state index >= 15 is 0 Å². The van der Waals surface area contributed by atoms with Crippen molar-refractivity contribution in [1.82, 2.24) is 10.2 Å². The zero-order chi connectivity index (χ0) is 19.6. The van der Waals surface area contributed by atoms with Crippen LogP contribution >= 0.6 is 0 Å². The second-order valence-electron chi connectivity index (χ2n) is 6.50. The molecule has 0 bridgehead atoms. The highest BCUT2D eigenvalue weighted by atomic mass is 19.1. The maximum atomic E-state index is 14.6. The number of primary amides is 1. The normalized spacial score (nSPS) is 19.9. The van der Waals surface area contributed by atoms with Crippen LogP contribution in [0.4, 0.5) is 25.4 Å². The van der Waals surface area contributed by atoms with E-state index in [4.69, 9.17) is 10.5 Å². The number of carbonyl (C=O) groups excluding carboxylic acids is 3. The molecule has 0 saturated carbocycles. The topological polar surface area (TPSA) is 108 Å². The Labute approximate surface area is 155 Å². The van der Waals surface area contributed by atoms with E-state index in [1.165, 1.54) is 22.8 Å². The number of rotatable bonds is 4. The van der Waals surface area contributed by atoms with Crippen molar-refractivity contribution in [3.05, 3.63) is 24.0 Å². The molecule has 0 aliphatic carbocycles. The minimum Gasteiger partial charge on any atom is -0.442 e. The van der Waals surface area contributed by atoms with Gasteiger partial charge in [-0.2, -0.15) is 0 Å². The number of nitrogens with two attached hydrogens (primary N) is 1. The van der Waals surface area contributed by atoms with Crippen molar-refractivity contribution in [2.45, 2.75) is 13.0 Å². The van der Waals surface area contributed by atoms with Gasteiger partial charge in [0.25, 0.3) is 0 Å². The molecule has 4 amide bonds. The molecule has 0 unspecified atom stereocenters. The van der Waals surface area contributed by atoms with Crippen LogP contribution in [0.2, 0.25) is 0 Å². The Morgan fingerprint density at radius 1 is 1.30 bits per heavy atom. The first-order valence-corrected chi connectivity index (χ1v) is 8.66. The van der Waals surface area contributed by atoms with E-state index < -0.39 is 24.0 Å². The lowest BCUT2D eigenvalue weighted by atomic mass is 10.2. The molecule has 27 heavy (non-hydrogen) atoms. The van der Waals surface area contributed by atoms with Gasteiger partial charge in [-0.1, -0.05) is 0 Å². The Morgan fingerprint density at radius 3 is 2.59 bits per heavy atom. The summed E-state index contributed by atoms with van der Waals surface area (Å²) >= 11 is 0. The summed E-state index contributed by atoms with van der Waals surface area (Å²) in [5.74, 6) is -0.672. The maximum Gasteiger partial charge on any atom is 0.414 e. The molecule has 1 atom stereocenters. The predicted octanol–water partition coefficient (Wildman–Crippen LogP) is 0.488. The Kier molecular flexibility index (Phi) is 5.33. The molecule has 3 rings (SSSR count). The average molecular weight is 379 g/mol. The third-order valence-corrected chi connectivity index (χ3v) is 4.63. The number of ether oxygens (including phenoxy) is 1. The summed E-state index contributed by atoms with van der Waals surface area (Å²) in [6, 6.07) is 4.07. The van der Waals surface area contributed by atoms with E-state index in [0.29, 0.717) is 37.6 Å². The number of amides is 4. The number of benzene rings is 1. The number of anilines is 2. The largest absolute Gasteiger partial charge is 0.442 e. The monoisotopic (exact) mass is 379 g/mol. The standard InChI is InChI=1S/C17H22FN5O4/c1-11(24)20-9-13-10-23(17(26)27-13)12-2-3-15(14(18)8-12)21-4-6-22(7-5-21)16(19)25/h2-3,8,13H,4-7,9-10H2,1H3,(H2,19,25)(H,20,24)/t13-/m0/s1. The molecular formula is C17H22FN5O4. The van der Waals surface area contributed by atoms with Gasteiger partial charge in [0.05, 0.1) is 24.5 Å². The molecule has 1 aromatic rings. The first-order valence-electron chi connectivity index (χ1n) is 8.66. The molecule has 0 spiro atoms. The minimum atomic E-state index is -0.576. The third-order valence-electron chi connectivity index (χ3n) is 4.63. The van der Waals surface area contributed by atoms with Crippen molar-refractivity contribution in [3.8, 4) is 0 Å². The first kappa shape index (κ1) is 18.7. The summed E-state index contributed by atoms with van der Waals surface area (Å²) in [5, 5.41) is 2.59. The molecule has 2 saturated heterocycles. The summed E-state index contributed by atoms with van der Waals surface area (Å²) in [7, 11) is 0. The van der Waals surface area contributed by atoms with Gasteiger partial charge in [-0.05, 0) is 18.2 Å². The fourth-order valence-corrected chi connectivity index (χ4v) is 3.18. The molecular weight excluding hydrogens is 357 g/mol. The van der Waals surface area contributed by atoms with Crippen molar-refractivity contribution in [1.29, 1.82) is 0 Å². The SMILES string of the molecule is CC(=O)NC[C@H]1CN(c2ccc(N3CCN(C(N)=O)CC3)c(F)c2)C(=O)O1. The first-order chi connectivity index (χ1) is 12.8. The van der Waals surface area contributed by atoms with Crippen molar-refractivity contribution >= 4 is 29.4 Å². The van der Waals surface area contributed by atoms with Gasteiger partial charge in [0, 0.05) is 33.1 Å². The molecule has 3 N–H and O–H groups in total. The molecule has 2 fully saturated rings. The Hall–Kier alpha value is -3.04. The number of nitrogens with one attached hydrogen (secondary N) is 1. The smallest absolute Gasteiger partial charge is 0.414 e. The van der Waals surface area contributed by atoms with E-state index in [9.17, 15) is 18.8 Å². The molecule has 10 heteroatoms. The van der Waals surface area contributed by atoms with Gasteiger partial charge in [-0.3, -0.25) is 9.69 Å². The summed E-state index contributed by atoms with van der Waals surface area (Å²) in [4.78, 5) is 38.9. The van der Waals surface area contributed by atoms with E-state index in [2.05, 4.69) is 5.32 Å². The van der Waals surface area contributed by atoms with Crippen LogP contribution < -0.4 is 20.9 Å². The van der Waals surface area contributed by atoms with Crippen LogP contribution in [0.15, 0.2) is 18.2 Å². The van der Waals surface area contributed by atoms with Gasteiger partial charge in [0.2, 0.25) is 5.91 Å². The number of nitrogens with zero attached hydrogens (tertiary/aromatic N) is 3. The Morgan fingerprint density at radius 2 is 2.00 bits per heavy atom. The van der Waals surface area contributed by atoms with Crippen LogP contribution in [0.1, 0.15) is 6.92 Å². The zero-order valence-corrected chi connectivity index (χ0v) is 15.0. The molecule has 146 valence electrons. The van der Waals surface area contributed by atoms with E-state index in [-0.39, 0.29) is 19.0 Å². The van der Waals surface area contributed by atoms with Gasteiger partial charge in [0.15, 0.2) is 0 Å². The zero-order valence-electron chi connectivity index (χ0n) is 15.0. The number of halogens is 1. The predicted molar refractivity (Wildman–Crippen MR) is 96.1 cm³/mol. The lowest BCUT2D eigenvalue weighted by molar-refractivity contribution is -0.119. The molecule has 2 aliphatic heterocycles. The highest BCUT2D eigenvalue weighted by Crippen LogP contribution is 2.28. The number of hydrogen-bond donors (Lipinski definition) is 2. The number of cyclic esters (lactones) is 1. The van der Waals surface area contributed by atoms with E-state index in [1.807, 2.05) is 4.90 Å². The highest BCUT2D eigenvalue weighted by Gasteiger charge is 2.33. The van der Waals surface area contributed by atoms with Crippen LogP contribution in [0.25, 0.3) is 0 Å². The Bertz CT molecular complexity index is 751. The van der Waals surface area contributed by atoms with Gasteiger partial charge < -0.3 is 25.6 Å². The minimum absolute atomic E-state index is 0.211. The number of hydrogen-bond acceptors (Lipinski definition) is 5. The van der Waals surface area contributed by atoms with E-state index in [1.54, 1.807) is 12.1 Å². The fraction of sp³-hybridized carbons (Fsp3) is 0.471. The molecule has 0 radical (unpaired) electrons. The van der Waals surface area contributed by atoms with Gasteiger partial charge in [-0.15, -0.1) is 0 Å². The summed E-state index contributed by atoms with van der Waals surface area (Å²) in [5.41, 5.74) is 6.05. The summed E-state index contributed by atoms with van der Waals surface area (Å²) in [6.45, 7) is 3.64. The second kappa shape index (κ2) is 7.68. The van der Waals surface area contributed by atoms with Crippen LogP contribution in [-0.4, -0.2) is 68.3 Å². The number of urea groups is 1. The third kappa shape index (κ3) is 4.21. The Balaban J connectivity index is 1.66. The summed E-state index contributed by atoms with van der Waals surface area (Å²) < 4.78 is 19.8. The van der Waals surface area contributed by atoms with Gasteiger partial charge in [-0.25, -0.2) is 14.0 Å². The second-order valence-corrected chi connectivity index (χ2v) is 6.50. The molecule has 1 aromatic carbocycles. The van der Waals surface area contributed by atoms with Gasteiger partial charge >= 0.3 is 12.1 Å². The van der Waals surface area contributed by atoms with E-state index in [0.717, 1.165) is 0 Å². The highest BCUT2D eigenvalue weighted by molar-refractivity contribution is 5.90. The van der Waals surface area contributed by atoms with Crippen LogP contribution in [0.3, 0.4) is 0 Å². The van der Waals surface area contributed by atoms with Crippen molar-refractivity contribution < 1.29 is 23.5 Å². The molecule has 2 heterocycles. The quantitative estimate of drug-likeness (QED) is 0.791. The fourth-order valence-electron chi connectivity index (χ4n) is 3.18. The molecule has 2 aliphatic rings. The average Bonchev–Trinajstić information content (AvgIpc) is 3.01. The molecule has 0 aromatic heterocycles. The van der Waals surface area contributed by atoms with Crippen molar-refractivity contribution in [2.75, 3.05) is 49.1 Å². The lowest BCUT2D eigenvalue weighted by Crippen LogP contribution is -2.50.